The molecule has 3 rings (SSSR count). The van der Waals surface area contributed by atoms with Crippen molar-refractivity contribution in [2.75, 3.05) is 13.1 Å². The summed E-state index contributed by atoms with van der Waals surface area (Å²) < 4.78 is 5.66. The summed E-state index contributed by atoms with van der Waals surface area (Å²) in [4.78, 5) is 18.1. The number of likely N-dealkylation sites (tertiary alicyclic amines) is 1. The molecular weight excluding hydrogens is 311 g/mol. The lowest BCUT2D eigenvalue weighted by Crippen LogP contribution is -2.56. The van der Waals surface area contributed by atoms with E-state index < -0.39 is 0 Å². The van der Waals surface area contributed by atoms with E-state index in [1.54, 1.807) is 35.4 Å². The van der Waals surface area contributed by atoms with Crippen LogP contribution in [0.4, 0.5) is 0 Å². The number of halogens is 2. The normalized spacial score (nSPS) is 14.7. The van der Waals surface area contributed by atoms with E-state index in [0.29, 0.717) is 34.6 Å². The minimum absolute atomic E-state index is 0.0400. The summed E-state index contributed by atoms with van der Waals surface area (Å²) in [6.45, 7) is 1.02. The Balaban J connectivity index is 1.61. The van der Waals surface area contributed by atoms with Crippen molar-refractivity contribution in [3.63, 3.8) is 0 Å². The molecule has 1 aliphatic rings. The van der Waals surface area contributed by atoms with Gasteiger partial charge < -0.3 is 9.64 Å². The highest BCUT2D eigenvalue weighted by Crippen LogP contribution is 2.25. The van der Waals surface area contributed by atoms with Gasteiger partial charge in [0, 0.05) is 17.3 Å². The number of ether oxygens (including phenoxy) is 1. The Hall–Kier alpha value is -1.78. The van der Waals surface area contributed by atoms with E-state index in [1.165, 1.54) is 0 Å². The zero-order valence-electron chi connectivity index (χ0n) is 11.0. The van der Waals surface area contributed by atoms with Gasteiger partial charge in [0.2, 0.25) is 5.88 Å². The lowest BCUT2D eigenvalue weighted by atomic mass is 10.1. The Labute approximate surface area is 132 Å². The molecule has 0 saturated carbocycles. The summed E-state index contributed by atoms with van der Waals surface area (Å²) in [5.74, 6) is 0.429. The number of benzene rings is 1. The van der Waals surface area contributed by atoms with Crippen LogP contribution in [0.25, 0.3) is 0 Å². The first kappa shape index (κ1) is 14.2. The number of hydrogen-bond acceptors (Lipinski definition) is 3. The first-order valence-electron chi connectivity index (χ1n) is 6.45. The number of pyridine rings is 1. The number of amides is 1. The van der Waals surface area contributed by atoms with Gasteiger partial charge in [0.15, 0.2) is 0 Å². The first-order chi connectivity index (χ1) is 10.1. The maximum atomic E-state index is 12.3. The zero-order valence-corrected chi connectivity index (χ0v) is 12.5. The molecule has 2 heterocycles. The Bertz CT molecular complexity index is 658. The number of rotatable bonds is 3. The van der Waals surface area contributed by atoms with E-state index in [9.17, 15) is 4.79 Å². The van der Waals surface area contributed by atoms with Gasteiger partial charge >= 0.3 is 0 Å². The van der Waals surface area contributed by atoms with Crippen LogP contribution in [-0.2, 0) is 0 Å². The van der Waals surface area contributed by atoms with Gasteiger partial charge in [-0.15, -0.1) is 0 Å². The van der Waals surface area contributed by atoms with E-state index in [1.807, 2.05) is 12.1 Å². The molecule has 0 aliphatic carbocycles. The third kappa shape index (κ3) is 3.12. The maximum absolute atomic E-state index is 12.3. The Kier molecular flexibility index (Phi) is 3.99. The molecule has 21 heavy (non-hydrogen) atoms. The van der Waals surface area contributed by atoms with Crippen LogP contribution >= 0.6 is 23.2 Å². The molecule has 1 aliphatic heterocycles. The number of hydrogen-bond donors (Lipinski definition) is 0. The molecular formula is C15H12Cl2N2O2. The summed E-state index contributed by atoms with van der Waals surface area (Å²) in [5.41, 5.74) is 0.417. The van der Waals surface area contributed by atoms with Crippen LogP contribution in [0.2, 0.25) is 10.0 Å². The molecule has 2 aromatic rings. The summed E-state index contributed by atoms with van der Waals surface area (Å²) in [6.07, 6.45) is 1.63. The maximum Gasteiger partial charge on any atom is 0.255 e. The molecule has 0 radical (unpaired) electrons. The molecule has 0 N–H and O–H groups in total. The monoisotopic (exact) mass is 322 g/mol. The Morgan fingerprint density at radius 2 is 2.05 bits per heavy atom. The molecule has 0 atom stereocenters. The third-order valence-electron chi connectivity index (χ3n) is 3.22. The average Bonchev–Trinajstić information content (AvgIpc) is 2.45. The molecule has 1 aromatic heterocycles. The van der Waals surface area contributed by atoms with Crippen LogP contribution < -0.4 is 4.74 Å². The van der Waals surface area contributed by atoms with Gasteiger partial charge in [-0.05, 0) is 24.3 Å². The first-order valence-corrected chi connectivity index (χ1v) is 7.21. The van der Waals surface area contributed by atoms with Crippen LogP contribution in [0.3, 0.4) is 0 Å². The second kappa shape index (κ2) is 5.92. The zero-order chi connectivity index (χ0) is 14.8. The largest absolute Gasteiger partial charge is 0.471 e. The van der Waals surface area contributed by atoms with Gasteiger partial charge in [-0.25, -0.2) is 4.98 Å². The molecule has 1 amide bonds. The van der Waals surface area contributed by atoms with Gasteiger partial charge in [0.05, 0.1) is 23.7 Å². The van der Waals surface area contributed by atoms with Crippen LogP contribution in [0, 0.1) is 0 Å². The SMILES string of the molecule is O=C(c1cc(Cl)ccc1Cl)N1CC(Oc2ccccn2)C1. The van der Waals surface area contributed by atoms with Crippen molar-refractivity contribution in [2.24, 2.45) is 0 Å². The van der Waals surface area contributed by atoms with Crippen molar-refractivity contribution < 1.29 is 9.53 Å². The molecule has 1 saturated heterocycles. The Morgan fingerprint density at radius 1 is 1.24 bits per heavy atom. The highest BCUT2D eigenvalue weighted by Gasteiger charge is 2.33. The third-order valence-corrected chi connectivity index (χ3v) is 3.78. The molecule has 6 heteroatoms. The Morgan fingerprint density at radius 3 is 2.76 bits per heavy atom. The topological polar surface area (TPSA) is 42.4 Å². The van der Waals surface area contributed by atoms with Crippen LogP contribution in [0.1, 0.15) is 10.4 Å². The lowest BCUT2D eigenvalue weighted by Gasteiger charge is -2.38. The summed E-state index contributed by atoms with van der Waals surface area (Å²) in [6, 6.07) is 10.3. The molecule has 0 unspecified atom stereocenters. The van der Waals surface area contributed by atoms with Crippen LogP contribution in [-0.4, -0.2) is 35.0 Å². The summed E-state index contributed by atoms with van der Waals surface area (Å²) >= 11 is 11.9. The van der Waals surface area contributed by atoms with Gasteiger partial charge in [-0.3, -0.25) is 4.79 Å². The van der Waals surface area contributed by atoms with E-state index in [-0.39, 0.29) is 12.0 Å². The second-order valence-electron chi connectivity index (χ2n) is 4.74. The molecule has 4 nitrogen and oxygen atoms in total. The minimum atomic E-state index is -0.136. The van der Waals surface area contributed by atoms with Crippen molar-refractivity contribution in [2.45, 2.75) is 6.10 Å². The van der Waals surface area contributed by atoms with Gasteiger partial charge in [0.1, 0.15) is 6.10 Å². The summed E-state index contributed by atoms with van der Waals surface area (Å²) in [7, 11) is 0. The highest BCUT2D eigenvalue weighted by molar-refractivity contribution is 6.35. The number of aromatic nitrogens is 1. The summed E-state index contributed by atoms with van der Waals surface area (Å²) in [5, 5.41) is 0.892. The average molecular weight is 323 g/mol. The van der Waals surface area contributed by atoms with Gasteiger partial charge in [-0.2, -0.15) is 0 Å². The van der Waals surface area contributed by atoms with Crippen molar-refractivity contribution in [3.05, 3.63) is 58.2 Å². The fourth-order valence-electron chi connectivity index (χ4n) is 2.10. The fraction of sp³-hybridized carbons (Fsp3) is 0.200. The van der Waals surface area contributed by atoms with Crippen molar-refractivity contribution >= 4 is 29.1 Å². The highest BCUT2D eigenvalue weighted by atomic mass is 35.5. The molecule has 0 bridgehead atoms. The number of carbonyl (C=O) groups is 1. The van der Waals surface area contributed by atoms with Crippen molar-refractivity contribution in [1.82, 2.24) is 9.88 Å². The van der Waals surface area contributed by atoms with Gasteiger partial charge in [0.25, 0.3) is 5.91 Å². The quantitative estimate of drug-likeness (QED) is 0.870. The van der Waals surface area contributed by atoms with Crippen LogP contribution in [0.15, 0.2) is 42.6 Å². The number of nitrogens with zero attached hydrogens (tertiary/aromatic N) is 2. The smallest absolute Gasteiger partial charge is 0.255 e. The fourth-order valence-corrected chi connectivity index (χ4v) is 2.47. The predicted octanol–water partition coefficient (Wildman–Crippen LogP) is 3.29. The minimum Gasteiger partial charge on any atom is -0.471 e. The van der Waals surface area contributed by atoms with E-state index in [0.717, 1.165) is 0 Å². The molecule has 108 valence electrons. The van der Waals surface area contributed by atoms with Crippen LogP contribution in [0.5, 0.6) is 5.88 Å². The van der Waals surface area contributed by atoms with E-state index >= 15 is 0 Å². The van der Waals surface area contributed by atoms with Gasteiger partial charge in [-0.1, -0.05) is 29.3 Å². The standard InChI is InChI=1S/C15H12Cl2N2O2/c16-10-4-5-13(17)12(7-10)15(20)19-8-11(9-19)21-14-3-1-2-6-18-14/h1-7,11H,8-9H2. The molecule has 1 aromatic carbocycles. The van der Waals surface area contributed by atoms with E-state index in [4.69, 9.17) is 27.9 Å². The predicted molar refractivity (Wildman–Crippen MR) is 81.0 cm³/mol. The molecule has 1 fully saturated rings. The molecule has 0 spiro atoms. The number of carbonyl (C=O) groups excluding carboxylic acids is 1. The lowest BCUT2D eigenvalue weighted by molar-refractivity contribution is 0.0160. The van der Waals surface area contributed by atoms with Crippen molar-refractivity contribution in [1.29, 1.82) is 0 Å². The van der Waals surface area contributed by atoms with Crippen molar-refractivity contribution in [3.8, 4) is 5.88 Å². The van der Waals surface area contributed by atoms with E-state index in [2.05, 4.69) is 4.98 Å². The second-order valence-corrected chi connectivity index (χ2v) is 5.59.